The average Bonchev–Trinajstić information content (AvgIpc) is 2.85. The van der Waals surface area contributed by atoms with E-state index in [0.29, 0.717) is 25.2 Å². The first-order valence-corrected chi connectivity index (χ1v) is 13.3. The molecule has 4 rings (SSSR count). The maximum atomic E-state index is 12.8. The van der Waals surface area contributed by atoms with Crippen LogP contribution < -0.4 is 11.1 Å². The Morgan fingerprint density at radius 1 is 1.28 bits per heavy atom. The molecule has 4 fully saturated rings. The zero-order chi connectivity index (χ0) is 26.0. The Labute approximate surface area is 212 Å². The van der Waals surface area contributed by atoms with Crippen molar-refractivity contribution in [3.05, 3.63) is 11.6 Å². The first-order valence-electron chi connectivity index (χ1n) is 13.3. The quantitative estimate of drug-likeness (QED) is 0.236. The summed E-state index contributed by atoms with van der Waals surface area (Å²) in [6, 6.07) is 0. The summed E-state index contributed by atoms with van der Waals surface area (Å²) < 4.78 is 18.5. The molecule has 0 bridgehead atoms. The van der Waals surface area contributed by atoms with Crippen LogP contribution in [0.15, 0.2) is 11.6 Å². The van der Waals surface area contributed by atoms with E-state index in [1.807, 2.05) is 6.92 Å². The lowest BCUT2D eigenvalue weighted by molar-refractivity contribution is -0.264. The molecule has 10 unspecified atom stereocenters. The van der Waals surface area contributed by atoms with E-state index in [1.165, 1.54) is 6.08 Å². The van der Waals surface area contributed by atoms with Crippen LogP contribution in [0.1, 0.15) is 58.8 Å². The molecule has 10 nitrogen and oxygen atoms in total. The van der Waals surface area contributed by atoms with Gasteiger partial charge in [-0.05, 0) is 58.4 Å². The molecule has 0 aromatic carbocycles. The Bertz CT molecular complexity index is 829. The molecule has 6 N–H and O–H groups in total. The van der Waals surface area contributed by atoms with Gasteiger partial charge in [0.1, 0.15) is 17.5 Å². The Hall–Kier alpha value is -1.40. The van der Waals surface area contributed by atoms with Crippen LogP contribution in [0.5, 0.6) is 0 Å². The summed E-state index contributed by atoms with van der Waals surface area (Å²) in [5.74, 6) is -1.37. The third-order valence-electron chi connectivity index (χ3n) is 8.74. The number of aliphatic hydroxyl groups is 3. The zero-order valence-electron chi connectivity index (χ0n) is 21.3. The van der Waals surface area contributed by atoms with Crippen molar-refractivity contribution in [1.29, 1.82) is 0 Å². The van der Waals surface area contributed by atoms with Gasteiger partial charge in [0.2, 0.25) is 0 Å². The van der Waals surface area contributed by atoms with Gasteiger partial charge in [-0.15, -0.1) is 0 Å². The molecule has 36 heavy (non-hydrogen) atoms. The van der Waals surface area contributed by atoms with Crippen molar-refractivity contribution in [2.75, 3.05) is 19.8 Å². The Morgan fingerprint density at radius 2 is 2.06 bits per heavy atom. The number of rotatable bonds is 7. The lowest BCUT2D eigenvalue weighted by atomic mass is 9.66. The third kappa shape index (κ3) is 5.70. The molecule has 0 aromatic rings. The minimum atomic E-state index is -0.991. The van der Waals surface area contributed by atoms with Crippen LogP contribution in [-0.2, 0) is 23.8 Å². The second-order valence-corrected chi connectivity index (χ2v) is 11.1. The monoisotopic (exact) mass is 510 g/mol. The van der Waals surface area contributed by atoms with E-state index < -0.39 is 54.4 Å². The molecule has 0 aromatic heterocycles. The van der Waals surface area contributed by atoms with Gasteiger partial charge in [-0.3, -0.25) is 4.79 Å². The number of fused-ring (bicyclic) bond motifs is 2. The molecule has 0 amide bonds. The summed E-state index contributed by atoms with van der Waals surface area (Å²) in [7, 11) is 0. The van der Waals surface area contributed by atoms with E-state index in [-0.39, 0.29) is 36.7 Å². The Morgan fingerprint density at radius 3 is 2.69 bits per heavy atom. The topological polar surface area (TPSA) is 161 Å². The Balaban J connectivity index is 1.53. The molecule has 3 heterocycles. The number of ether oxygens (including phenoxy) is 3. The second-order valence-electron chi connectivity index (χ2n) is 11.1. The number of hydrogen-bond donors (Lipinski definition) is 5. The van der Waals surface area contributed by atoms with Gasteiger partial charge in [0, 0.05) is 18.8 Å². The van der Waals surface area contributed by atoms with Gasteiger partial charge in [-0.2, -0.15) is 0 Å². The first kappa shape index (κ1) is 27.6. The van der Waals surface area contributed by atoms with Gasteiger partial charge in [0.15, 0.2) is 0 Å². The van der Waals surface area contributed by atoms with Crippen molar-refractivity contribution in [2.45, 2.75) is 101 Å². The number of hydrogen-bond acceptors (Lipinski definition) is 10. The molecule has 10 atom stereocenters. The molecule has 4 aliphatic rings. The maximum Gasteiger partial charge on any atom is 0.336 e. The Kier molecular flexibility index (Phi) is 8.87. The molecule has 1 aliphatic carbocycles. The number of aliphatic hydroxyl groups excluding tert-OH is 3. The third-order valence-corrected chi connectivity index (χ3v) is 8.74. The molecule has 0 spiro atoms. The smallest absolute Gasteiger partial charge is 0.336 e. The van der Waals surface area contributed by atoms with Gasteiger partial charge < -0.3 is 40.6 Å². The predicted molar refractivity (Wildman–Crippen MR) is 130 cm³/mol. The van der Waals surface area contributed by atoms with Crippen LogP contribution in [-0.4, -0.2) is 89.1 Å². The average molecular weight is 511 g/mol. The van der Waals surface area contributed by atoms with Crippen molar-refractivity contribution in [1.82, 2.24) is 5.32 Å². The summed E-state index contributed by atoms with van der Waals surface area (Å²) in [6.45, 7) is 3.76. The largest absolute Gasteiger partial charge is 0.456 e. The summed E-state index contributed by atoms with van der Waals surface area (Å²) in [6.07, 6.45) is 2.72. The maximum absolute atomic E-state index is 12.8. The molecule has 3 aliphatic heterocycles. The number of nitrogens with one attached hydrogen (secondary N) is 1. The first-order chi connectivity index (χ1) is 17.2. The van der Waals surface area contributed by atoms with E-state index >= 15 is 0 Å². The van der Waals surface area contributed by atoms with Crippen molar-refractivity contribution >= 4 is 11.8 Å². The van der Waals surface area contributed by atoms with E-state index in [2.05, 4.69) is 5.32 Å². The number of carbonyl (C=O) groups excluding carboxylic acids is 2. The number of Topliss-reactive ketones (excluding diaryl/α,β-unsaturated/α-hetero) is 1. The number of piperidine rings is 1. The number of ketones is 1. The molecule has 204 valence electrons. The van der Waals surface area contributed by atoms with Crippen LogP contribution in [0, 0.1) is 17.8 Å². The highest BCUT2D eigenvalue weighted by molar-refractivity contribution is 5.88. The predicted octanol–water partition coefficient (Wildman–Crippen LogP) is 0.165. The molecular weight excluding hydrogens is 468 g/mol. The molecule has 3 saturated heterocycles. The van der Waals surface area contributed by atoms with Crippen LogP contribution >= 0.6 is 0 Å². The van der Waals surface area contributed by atoms with Crippen molar-refractivity contribution < 1.29 is 39.1 Å². The molecule has 1 saturated carbocycles. The van der Waals surface area contributed by atoms with Crippen LogP contribution in [0.4, 0.5) is 0 Å². The van der Waals surface area contributed by atoms with Gasteiger partial charge in [-0.1, -0.05) is 6.08 Å². The van der Waals surface area contributed by atoms with Gasteiger partial charge >= 0.3 is 5.97 Å². The minimum absolute atomic E-state index is 0.0209. The number of carbonyl (C=O) groups is 2. The van der Waals surface area contributed by atoms with Crippen molar-refractivity contribution in [2.24, 2.45) is 23.5 Å². The molecule has 10 heteroatoms. The van der Waals surface area contributed by atoms with Gasteiger partial charge in [0.05, 0.1) is 55.3 Å². The summed E-state index contributed by atoms with van der Waals surface area (Å²) >= 11 is 0. The highest BCUT2D eigenvalue weighted by atomic mass is 16.6. The van der Waals surface area contributed by atoms with E-state index in [4.69, 9.17) is 19.9 Å². The van der Waals surface area contributed by atoms with Crippen LogP contribution in [0.2, 0.25) is 0 Å². The summed E-state index contributed by atoms with van der Waals surface area (Å²) in [5.41, 5.74) is 5.32. The minimum Gasteiger partial charge on any atom is -0.456 e. The normalized spacial score (nSPS) is 43.4. The number of esters is 1. The lowest BCUT2D eigenvalue weighted by Gasteiger charge is -2.54. The molecular formula is C26H42N2O8. The highest BCUT2D eigenvalue weighted by Gasteiger charge is 2.57. The van der Waals surface area contributed by atoms with Crippen LogP contribution in [0.25, 0.3) is 0 Å². The lowest BCUT2D eigenvalue weighted by Crippen LogP contribution is -2.64. The standard InChI is InChI=1S/C26H42N2O8/c1-3-15(12-29)25(33)35-21-9-17-19(10-20-23(24(17)32)18(31)8-16(13-30)34-20)36-26(21,2)7-6-14-4-5-22(27)28-11-14/h3,14,16-17,19-24,28-30,32H,4-13,27H2,1-2H3. The van der Waals surface area contributed by atoms with Crippen molar-refractivity contribution in [3.63, 3.8) is 0 Å². The SMILES string of the molecule is CC=C(CO)C(=O)OC1CC2C(CC3OC(CO)CC(=O)C3C2O)OC1(C)CCC1CCC(N)NC1. The zero-order valence-corrected chi connectivity index (χ0v) is 21.3. The van der Waals surface area contributed by atoms with E-state index in [9.17, 15) is 24.9 Å². The van der Waals surface area contributed by atoms with Crippen molar-refractivity contribution in [3.8, 4) is 0 Å². The molecule has 0 radical (unpaired) electrons. The highest BCUT2D eigenvalue weighted by Crippen LogP contribution is 2.48. The van der Waals surface area contributed by atoms with Gasteiger partial charge in [0.25, 0.3) is 0 Å². The van der Waals surface area contributed by atoms with Crippen LogP contribution in [0.3, 0.4) is 0 Å². The summed E-state index contributed by atoms with van der Waals surface area (Å²) in [5, 5.41) is 33.7. The number of allylic oxidation sites excluding steroid dienone is 1. The fourth-order valence-corrected chi connectivity index (χ4v) is 6.45. The fourth-order valence-electron chi connectivity index (χ4n) is 6.45. The summed E-state index contributed by atoms with van der Waals surface area (Å²) in [4.78, 5) is 25.6. The van der Waals surface area contributed by atoms with E-state index in [1.54, 1.807) is 6.92 Å². The number of nitrogens with two attached hydrogens (primary N) is 1. The fraction of sp³-hybridized carbons (Fsp3) is 0.846. The second kappa shape index (κ2) is 11.6. The van der Waals surface area contributed by atoms with E-state index in [0.717, 1.165) is 25.8 Å². The van der Waals surface area contributed by atoms with Gasteiger partial charge in [-0.25, -0.2) is 4.79 Å².